The Morgan fingerprint density at radius 1 is 1.41 bits per heavy atom. The molecular formula is C13H18O4. The molecule has 0 aromatic heterocycles. The Bertz CT molecular complexity index is 362. The van der Waals surface area contributed by atoms with Crippen molar-refractivity contribution in [3.63, 3.8) is 0 Å². The van der Waals surface area contributed by atoms with E-state index in [2.05, 4.69) is 0 Å². The van der Waals surface area contributed by atoms with Gasteiger partial charge in [0.25, 0.3) is 0 Å². The number of rotatable bonds is 6. The van der Waals surface area contributed by atoms with Crippen LogP contribution in [0.15, 0.2) is 24.3 Å². The van der Waals surface area contributed by atoms with E-state index in [1.807, 2.05) is 18.2 Å². The number of methoxy groups -OCH3 is 1. The molecule has 1 aromatic rings. The Kier molecular flexibility index (Phi) is 5.66. The van der Waals surface area contributed by atoms with Crippen molar-refractivity contribution < 1.29 is 19.4 Å². The Balaban J connectivity index is 2.73. The third kappa shape index (κ3) is 4.17. The van der Waals surface area contributed by atoms with E-state index in [0.717, 1.165) is 5.56 Å². The van der Waals surface area contributed by atoms with Gasteiger partial charge in [0.05, 0.1) is 25.7 Å². The quantitative estimate of drug-likeness (QED) is 0.768. The minimum atomic E-state index is -0.847. The van der Waals surface area contributed by atoms with Gasteiger partial charge in [0.2, 0.25) is 0 Å². The standard InChI is InChI=1S/C13H18O4/c1-3-17-13(15)8-12(14)11-7-5-4-6-10(11)9-16-2/h4-7,12,14H,3,8-9H2,1-2H3. The van der Waals surface area contributed by atoms with Crippen molar-refractivity contribution in [3.05, 3.63) is 35.4 Å². The van der Waals surface area contributed by atoms with Gasteiger partial charge >= 0.3 is 5.97 Å². The molecule has 1 aromatic carbocycles. The van der Waals surface area contributed by atoms with Crippen LogP contribution >= 0.6 is 0 Å². The highest BCUT2D eigenvalue weighted by atomic mass is 16.5. The van der Waals surface area contributed by atoms with Gasteiger partial charge in [0.15, 0.2) is 0 Å². The van der Waals surface area contributed by atoms with Crippen LogP contribution in [0.2, 0.25) is 0 Å². The van der Waals surface area contributed by atoms with Crippen molar-refractivity contribution in [2.45, 2.75) is 26.1 Å². The molecule has 94 valence electrons. The van der Waals surface area contributed by atoms with Crippen LogP contribution in [0.25, 0.3) is 0 Å². The molecule has 0 aliphatic heterocycles. The van der Waals surface area contributed by atoms with Gasteiger partial charge in [0.1, 0.15) is 0 Å². The van der Waals surface area contributed by atoms with Gasteiger partial charge in [-0.1, -0.05) is 24.3 Å². The van der Waals surface area contributed by atoms with E-state index in [1.165, 1.54) is 0 Å². The van der Waals surface area contributed by atoms with Crippen LogP contribution in [0.1, 0.15) is 30.6 Å². The van der Waals surface area contributed by atoms with Gasteiger partial charge in [-0.15, -0.1) is 0 Å². The van der Waals surface area contributed by atoms with Crippen molar-refractivity contribution in [1.29, 1.82) is 0 Å². The fourth-order valence-electron chi connectivity index (χ4n) is 1.63. The Morgan fingerprint density at radius 2 is 2.12 bits per heavy atom. The topological polar surface area (TPSA) is 55.8 Å². The summed E-state index contributed by atoms with van der Waals surface area (Å²) in [7, 11) is 1.59. The van der Waals surface area contributed by atoms with Crippen molar-refractivity contribution >= 4 is 5.97 Å². The summed E-state index contributed by atoms with van der Waals surface area (Å²) in [5, 5.41) is 9.97. The molecule has 0 bridgehead atoms. The number of ether oxygens (including phenoxy) is 2. The molecule has 4 nitrogen and oxygen atoms in total. The zero-order chi connectivity index (χ0) is 12.7. The number of hydrogen-bond acceptors (Lipinski definition) is 4. The first-order valence-electron chi connectivity index (χ1n) is 5.59. The molecule has 1 unspecified atom stereocenters. The molecule has 0 heterocycles. The number of aliphatic hydroxyl groups is 1. The summed E-state index contributed by atoms with van der Waals surface area (Å²) in [4.78, 5) is 11.3. The first kappa shape index (κ1) is 13.7. The van der Waals surface area contributed by atoms with Crippen LogP contribution in [0, 0.1) is 0 Å². The molecule has 0 aliphatic carbocycles. The van der Waals surface area contributed by atoms with Gasteiger partial charge in [-0.2, -0.15) is 0 Å². The molecular weight excluding hydrogens is 220 g/mol. The van der Waals surface area contributed by atoms with Crippen molar-refractivity contribution in [1.82, 2.24) is 0 Å². The number of benzene rings is 1. The average molecular weight is 238 g/mol. The zero-order valence-electron chi connectivity index (χ0n) is 10.2. The number of esters is 1. The van der Waals surface area contributed by atoms with E-state index in [-0.39, 0.29) is 6.42 Å². The predicted octanol–water partition coefficient (Wildman–Crippen LogP) is 1.82. The maximum atomic E-state index is 11.3. The van der Waals surface area contributed by atoms with E-state index in [4.69, 9.17) is 9.47 Å². The molecule has 0 saturated heterocycles. The minimum Gasteiger partial charge on any atom is -0.466 e. The number of carbonyl (C=O) groups is 1. The van der Waals surface area contributed by atoms with Crippen molar-refractivity contribution in [2.24, 2.45) is 0 Å². The van der Waals surface area contributed by atoms with Crippen LogP contribution in [-0.4, -0.2) is 24.8 Å². The van der Waals surface area contributed by atoms with Gasteiger partial charge in [-0.05, 0) is 18.1 Å². The summed E-state index contributed by atoms with van der Waals surface area (Å²) in [5.41, 5.74) is 1.59. The Labute approximate surface area is 101 Å². The lowest BCUT2D eigenvalue weighted by Crippen LogP contribution is -2.11. The molecule has 0 saturated carbocycles. The average Bonchev–Trinajstić information content (AvgIpc) is 2.30. The normalized spacial score (nSPS) is 12.2. The predicted molar refractivity (Wildman–Crippen MR) is 63.4 cm³/mol. The monoisotopic (exact) mass is 238 g/mol. The highest BCUT2D eigenvalue weighted by Gasteiger charge is 2.16. The highest BCUT2D eigenvalue weighted by Crippen LogP contribution is 2.21. The second-order valence-corrected chi connectivity index (χ2v) is 3.66. The molecule has 17 heavy (non-hydrogen) atoms. The summed E-state index contributed by atoms with van der Waals surface area (Å²) in [5.74, 6) is -0.396. The third-order valence-corrected chi connectivity index (χ3v) is 2.38. The smallest absolute Gasteiger partial charge is 0.308 e. The molecule has 0 amide bonds. The summed E-state index contributed by atoms with van der Waals surface area (Å²) in [6.07, 6.45) is -0.880. The second kappa shape index (κ2) is 7.04. The van der Waals surface area contributed by atoms with Crippen LogP contribution < -0.4 is 0 Å². The largest absolute Gasteiger partial charge is 0.466 e. The third-order valence-electron chi connectivity index (χ3n) is 2.38. The zero-order valence-corrected chi connectivity index (χ0v) is 10.2. The van der Waals surface area contributed by atoms with E-state index in [0.29, 0.717) is 18.8 Å². The molecule has 0 radical (unpaired) electrons. The second-order valence-electron chi connectivity index (χ2n) is 3.66. The molecule has 0 spiro atoms. The van der Waals surface area contributed by atoms with Gasteiger partial charge in [-0.3, -0.25) is 4.79 Å². The molecule has 1 atom stereocenters. The fourth-order valence-corrected chi connectivity index (χ4v) is 1.63. The van der Waals surface area contributed by atoms with Crippen LogP contribution in [0.3, 0.4) is 0 Å². The van der Waals surface area contributed by atoms with Gasteiger partial charge in [0, 0.05) is 7.11 Å². The summed E-state index contributed by atoms with van der Waals surface area (Å²) >= 11 is 0. The Morgan fingerprint density at radius 3 is 2.76 bits per heavy atom. The molecule has 1 rings (SSSR count). The van der Waals surface area contributed by atoms with E-state index < -0.39 is 12.1 Å². The number of carbonyl (C=O) groups excluding carboxylic acids is 1. The fraction of sp³-hybridized carbons (Fsp3) is 0.462. The summed E-state index contributed by atoms with van der Waals surface area (Å²) in [6, 6.07) is 7.35. The molecule has 4 heteroatoms. The summed E-state index contributed by atoms with van der Waals surface area (Å²) in [6.45, 7) is 2.48. The van der Waals surface area contributed by atoms with Crippen LogP contribution in [-0.2, 0) is 20.9 Å². The summed E-state index contributed by atoms with van der Waals surface area (Å²) < 4.78 is 9.85. The van der Waals surface area contributed by atoms with Crippen molar-refractivity contribution in [2.75, 3.05) is 13.7 Å². The molecule has 0 aliphatic rings. The lowest BCUT2D eigenvalue weighted by molar-refractivity contribution is -0.145. The molecule has 1 N–H and O–H groups in total. The van der Waals surface area contributed by atoms with E-state index in [9.17, 15) is 9.90 Å². The molecule has 0 fully saturated rings. The first-order valence-corrected chi connectivity index (χ1v) is 5.59. The number of aliphatic hydroxyl groups excluding tert-OH is 1. The van der Waals surface area contributed by atoms with Crippen LogP contribution in [0.5, 0.6) is 0 Å². The van der Waals surface area contributed by atoms with Crippen molar-refractivity contribution in [3.8, 4) is 0 Å². The van der Waals surface area contributed by atoms with E-state index >= 15 is 0 Å². The van der Waals surface area contributed by atoms with E-state index in [1.54, 1.807) is 20.1 Å². The Hall–Kier alpha value is -1.39. The lowest BCUT2D eigenvalue weighted by Gasteiger charge is -2.14. The lowest BCUT2D eigenvalue weighted by atomic mass is 10.0. The van der Waals surface area contributed by atoms with Crippen LogP contribution in [0.4, 0.5) is 0 Å². The SMILES string of the molecule is CCOC(=O)CC(O)c1ccccc1COC. The highest BCUT2D eigenvalue weighted by molar-refractivity contribution is 5.70. The van der Waals surface area contributed by atoms with Gasteiger partial charge in [-0.25, -0.2) is 0 Å². The minimum absolute atomic E-state index is 0.0332. The van der Waals surface area contributed by atoms with Gasteiger partial charge < -0.3 is 14.6 Å². The maximum absolute atomic E-state index is 11.3. The maximum Gasteiger partial charge on any atom is 0.308 e. The first-order chi connectivity index (χ1) is 8.19. The number of hydrogen-bond donors (Lipinski definition) is 1.